The smallest absolute Gasteiger partial charge is 0.130 e. The van der Waals surface area contributed by atoms with Crippen molar-refractivity contribution in [3.8, 4) is 5.75 Å². The fraction of sp³-hybridized carbons (Fsp3) is 0.500. The Balaban J connectivity index is 2.82. The highest BCUT2D eigenvalue weighted by molar-refractivity contribution is 5.30. The SMILES string of the molecule is CCOc1ccc(C(C)CCN)c(F)c1. The topological polar surface area (TPSA) is 35.2 Å². The van der Waals surface area contributed by atoms with E-state index in [1.54, 1.807) is 12.1 Å². The highest BCUT2D eigenvalue weighted by Gasteiger charge is 2.10. The first-order valence-electron chi connectivity index (χ1n) is 5.31. The fourth-order valence-electron chi connectivity index (χ4n) is 1.57. The monoisotopic (exact) mass is 211 g/mol. The summed E-state index contributed by atoms with van der Waals surface area (Å²) in [5.41, 5.74) is 6.16. The summed E-state index contributed by atoms with van der Waals surface area (Å²) in [6, 6.07) is 5.02. The molecule has 0 aliphatic heterocycles. The van der Waals surface area contributed by atoms with E-state index in [4.69, 9.17) is 10.5 Å². The van der Waals surface area contributed by atoms with E-state index < -0.39 is 0 Å². The highest BCUT2D eigenvalue weighted by atomic mass is 19.1. The second-order valence-electron chi connectivity index (χ2n) is 3.59. The molecule has 1 aromatic rings. The van der Waals surface area contributed by atoms with Gasteiger partial charge in [-0.2, -0.15) is 0 Å². The minimum Gasteiger partial charge on any atom is -0.494 e. The van der Waals surface area contributed by atoms with Gasteiger partial charge in [0.15, 0.2) is 0 Å². The summed E-state index contributed by atoms with van der Waals surface area (Å²) in [6.07, 6.45) is 0.797. The predicted octanol–water partition coefficient (Wildman–Crippen LogP) is 2.68. The molecule has 15 heavy (non-hydrogen) atoms. The largest absolute Gasteiger partial charge is 0.494 e. The van der Waals surface area contributed by atoms with Gasteiger partial charge < -0.3 is 10.5 Å². The van der Waals surface area contributed by atoms with Gasteiger partial charge >= 0.3 is 0 Å². The highest BCUT2D eigenvalue weighted by Crippen LogP contribution is 2.25. The first kappa shape index (κ1) is 12.0. The quantitative estimate of drug-likeness (QED) is 0.812. The summed E-state index contributed by atoms with van der Waals surface area (Å²) in [4.78, 5) is 0. The lowest BCUT2D eigenvalue weighted by atomic mass is 9.97. The molecular formula is C12H18FNO. The van der Waals surface area contributed by atoms with Gasteiger partial charge in [0.2, 0.25) is 0 Å². The van der Waals surface area contributed by atoms with E-state index in [1.165, 1.54) is 6.07 Å². The molecule has 1 rings (SSSR count). The summed E-state index contributed by atoms with van der Waals surface area (Å²) >= 11 is 0. The molecule has 3 heteroatoms. The van der Waals surface area contributed by atoms with Gasteiger partial charge in [0.05, 0.1) is 6.61 Å². The van der Waals surface area contributed by atoms with E-state index in [2.05, 4.69) is 0 Å². The lowest BCUT2D eigenvalue weighted by molar-refractivity contribution is 0.338. The average Bonchev–Trinajstić information content (AvgIpc) is 2.18. The molecule has 0 saturated carbocycles. The molecule has 84 valence electrons. The standard InChI is InChI=1S/C12H18FNO/c1-3-15-10-4-5-11(12(13)8-10)9(2)6-7-14/h4-5,8-9H,3,6-7,14H2,1-2H3. The maximum Gasteiger partial charge on any atom is 0.130 e. The third-order valence-electron chi connectivity index (χ3n) is 2.41. The van der Waals surface area contributed by atoms with Gasteiger partial charge in [-0.3, -0.25) is 0 Å². The molecule has 0 spiro atoms. The van der Waals surface area contributed by atoms with Gasteiger partial charge in [-0.05, 0) is 37.4 Å². The number of rotatable bonds is 5. The van der Waals surface area contributed by atoms with Crippen molar-refractivity contribution in [1.29, 1.82) is 0 Å². The zero-order valence-corrected chi connectivity index (χ0v) is 9.29. The van der Waals surface area contributed by atoms with Crippen LogP contribution < -0.4 is 10.5 Å². The van der Waals surface area contributed by atoms with Crippen molar-refractivity contribution >= 4 is 0 Å². The van der Waals surface area contributed by atoms with Crippen molar-refractivity contribution in [3.63, 3.8) is 0 Å². The van der Waals surface area contributed by atoms with Crippen LogP contribution in [0.3, 0.4) is 0 Å². The fourth-order valence-corrected chi connectivity index (χ4v) is 1.57. The Morgan fingerprint density at radius 2 is 2.20 bits per heavy atom. The Morgan fingerprint density at radius 3 is 2.73 bits per heavy atom. The van der Waals surface area contributed by atoms with Gasteiger partial charge in [-0.15, -0.1) is 0 Å². The molecule has 1 aromatic carbocycles. The van der Waals surface area contributed by atoms with Gasteiger partial charge in [0.1, 0.15) is 11.6 Å². The number of nitrogens with two attached hydrogens (primary N) is 1. The van der Waals surface area contributed by atoms with E-state index in [-0.39, 0.29) is 11.7 Å². The third kappa shape index (κ3) is 3.20. The number of ether oxygens (including phenoxy) is 1. The minimum atomic E-state index is -0.207. The van der Waals surface area contributed by atoms with Gasteiger partial charge in [-0.25, -0.2) is 4.39 Å². The number of hydrogen-bond donors (Lipinski definition) is 1. The molecule has 0 saturated heterocycles. The number of halogens is 1. The van der Waals surface area contributed by atoms with E-state index in [9.17, 15) is 4.39 Å². The minimum absolute atomic E-state index is 0.158. The van der Waals surface area contributed by atoms with Crippen molar-refractivity contribution in [1.82, 2.24) is 0 Å². The lowest BCUT2D eigenvalue weighted by Crippen LogP contribution is -2.06. The molecule has 1 unspecified atom stereocenters. The summed E-state index contributed by atoms with van der Waals surface area (Å²) in [7, 11) is 0. The van der Waals surface area contributed by atoms with Crippen LogP contribution >= 0.6 is 0 Å². The second kappa shape index (κ2) is 5.71. The van der Waals surface area contributed by atoms with Gasteiger partial charge in [0, 0.05) is 6.07 Å². The molecule has 0 aromatic heterocycles. The van der Waals surface area contributed by atoms with E-state index in [0.29, 0.717) is 24.5 Å². The summed E-state index contributed by atoms with van der Waals surface area (Å²) < 4.78 is 18.8. The zero-order chi connectivity index (χ0) is 11.3. The molecule has 0 radical (unpaired) electrons. The van der Waals surface area contributed by atoms with Crippen LogP contribution in [0.1, 0.15) is 31.7 Å². The molecule has 2 nitrogen and oxygen atoms in total. The number of hydrogen-bond acceptors (Lipinski definition) is 2. The van der Waals surface area contributed by atoms with Crippen LogP contribution in [0.4, 0.5) is 4.39 Å². The van der Waals surface area contributed by atoms with E-state index in [1.807, 2.05) is 13.8 Å². The van der Waals surface area contributed by atoms with Crippen LogP contribution in [-0.4, -0.2) is 13.2 Å². The number of benzene rings is 1. The molecule has 0 bridgehead atoms. The summed E-state index contributed by atoms with van der Waals surface area (Å²) in [5.74, 6) is 0.534. The van der Waals surface area contributed by atoms with Crippen LogP contribution in [0.15, 0.2) is 18.2 Å². The maximum atomic E-state index is 13.6. The Bertz CT molecular complexity index is 314. The molecule has 0 aliphatic carbocycles. The normalized spacial score (nSPS) is 12.5. The zero-order valence-electron chi connectivity index (χ0n) is 9.29. The lowest BCUT2D eigenvalue weighted by Gasteiger charge is -2.12. The van der Waals surface area contributed by atoms with Crippen LogP contribution in [0.5, 0.6) is 5.75 Å². The van der Waals surface area contributed by atoms with Crippen LogP contribution in [0, 0.1) is 5.82 Å². The predicted molar refractivity (Wildman–Crippen MR) is 59.7 cm³/mol. The average molecular weight is 211 g/mol. The van der Waals surface area contributed by atoms with Crippen molar-refractivity contribution in [2.75, 3.05) is 13.2 Å². The van der Waals surface area contributed by atoms with E-state index in [0.717, 1.165) is 6.42 Å². The molecule has 2 N–H and O–H groups in total. The van der Waals surface area contributed by atoms with E-state index >= 15 is 0 Å². The Morgan fingerprint density at radius 1 is 1.47 bits per heavy atom. The van der Waals surface area contributed by atoms with Crippen molar-refractivity contribution in [3.05, 3.63) is 29.6 Å². The Hall–Kier alpha value is -1.09. The Kier molecular flexibility index (Phi) is 4.56. The third-order valence-corrected chi connectivity index (χ3v) is 2.41. The molecule has 0 amide bonds. The molecule has 0 aliphatic rings. The van der Waals surface area contributed by atoms with Crippen LogP contribution in [-0.2, 0) is 0 Å². The summed E-state index contributed by atoms with van der Waals surface area (Å²) in [5, 5.41) is 0. The molecule has 0 heterocycles. The van der Waals surface area contributed by atoms with Crippen molar-refractivity contribution < 1.29 is 9.13 Å². The van der Waals surface area contributed by atoms with Crippen LogP contribution in [0.2, 0.25) is 0 Å². The second-order valence-corrected chi connectivity index (χ2v) is 3.59. The molecular weight excluding hydrogens is 193 g/mol. The first-order valence-corrected chi connectivity index (χ1v) is 5.31. The van der Waals surface area contributed by atoms with Crippen molar-refractivity contribution in [2.24, 2.45) is 5.73 Å². The van der Waals surface area contributed by atoms with Gasteiger partial charge in [0.25, 0.3) is 0 Å². The van der Waals surface area contributed by atoms with Crippen molar-refractivity contribution in [2.45, 2.75) is 26.2 Å². The summed E-state index contributed by atoms with van der Waals surface area (Å²) in [6.45, 7) is 4.99. The molecule has 1 atom stereocenters. The van der Waals surface area contributed by atoms with Crippen LogP contribution in [0.25, 0.3) is 0 Å². The Labute approximate surface area is 90.2 Å². The van der Waals surface area contributed by atoms with Gasteiger partial charge in [-0.1, -0.05) is 13.0 Å². The molecule has 0 fully saturated rings. The first-order chi connectivity index (χ1) is 7.19. The maximum absolute atomic E-state index is 13.6.